The molecule has 2 aromatic heterocycles. The van der Waals surface area contributed by atoms with Gasteiger partial charge in [0.05, 0.1) is 23.5 Å². The average molecular weight is 357 g/mol. The van der Waals surface area contributed by atoms with Crippen LogP contribution in [0.5, 0.6) is 0 Å². The fourth-order valence-corrected chi connectivity index (χ4v) is 3.35. The van der Waals surface area contributed by atoms with E-state index < -0.39 is 0 Å². The molecule has 0 saturated heterocycles. The quantitative estimate of drug-likeness (QED) is 0.653. The minimum atomic E-state index is 0.399. The summed E-state index contributed by atoms with van der Waals surface area (Å²) >= 11 is 11.1. The molecule has 98 valence electrons. The molecule has 3 rings (SSSR count). The number of aromatic nitrogens is 3. The lowest BCUT2D eigenvalue weighted by atomic mass is 10.3. The first-order valence-corrected chi connectivity index (χ1v) is 7.99. The number of hydrogen-bond acceptors (Lipinski definition) is 3. The Morgan fingerprint density at radius 1 is 1.37 bits per heavy atom. The third-order valence-corrected chi connectivity index (χ3v) is 4.55. The van der Waals surface area contributed by atoms with Crippen LogP contribution in [0, 0.1) is 6.92 Å². The largest absolute Gasteiger partial charge is 0.320 e. The van der Waals surface area contributed by atoms with E-state index in [2.05, 4.69) is 41.9 Å². The fourth-order valence-electron chi connectivity index (χ4n) is 2.04. The smallest absolute Gasteiger partial charge is 0.125 e. The molecule has 0 aliphatic rings. The van der Waals surface area contributed by atoms with Crippen LogP contribution in [-0.4, -0.2) is 14.5 Å². The van der Waals surface area contributed by atoms with Crippen LogP contribution >= 0.6 is 38.9 Å². The van der Waals surface area contributed by atoms with Gasteiger partial charge < -0.3 is 4.57 Å². The summed E-state index contributed by atoms with van der Waals surface area (Å²) in [7, 11) is 0. The van der Waals surface area contributed by atoms with Crippen molar-refractivity contribution in [3.05, 3.63) is 44.6 Å². The van der Waals surface area contributed by atoms with Crippen LogP contribution in [0.15, 0.2) is 28.1 Å². The van der Waals surface area contributed by atoms with Crippen LogP contribution in [0.2, 0.25) is 0 Å². The van der Waals surface area contributed by atoms with Crippen molar-refractivity contribution in [3.8, 4) is 0 Å². The third-order valence-electron chi connectivity index (χ3n) is 2.87. The van der Waals surface area contributed by atoms with Gasteiger partial charge in [-0.15, -0.1) is 22.9 Å². The van der Waals surface area contributed by atoms with Crippen molar-refractivity contribution in [3.63, 3.8) is 0 Å². The first-order chi connectivity index (χ1) is 9.17. The van der Waals surface area contributed by atoms with Gasteiger partial charge in [-0.1, -0.05) is 15.9 Å². The number of nitrogens with zero attached hydrogens (tertiary/aromatic N) is 3. The molecule has 0 radical (unpaired) electrons. The van der Waals surface area contributed by atoms with Gasteiger partial charge >= 0.3 is 0 Å². The number of aryl methyl sites for hydroxylation is 1. The predicted molar refractivity (Wildman–Crippen MR) is 82.9 cm³/mol. The van der Waals surface area contributed by atoms with Crippen molar-refractivity contribution in [1.82, 2.24) is 14.5 Å². The van der Waals surface area contributed by atoms with E-state index in [0.29, 0.717) is 5.88 Å². The zero-order valence-electron chi connectivity index (χ0n) is 10.2. The van der Waals surface area contributed by atoms with E-state index in [1.165, 1.54) is 0 Å². The fraction of sp³-hybridized carbons (Fsp3) is 0.231. The summed E-state index contributed by atoms with van der Waals surface area (Å²) in [5.74, 6) is 1.28. The molecule has 2 heterocycles. The Bertz CT molecular complexity index is 735. The molecular formula is C13H11BrClN3S. The highest BCUT2D eigenvalue weighted by Crippen LogP contribution is 2.23. The van der Waals surface area contributed by atoms with E-state index in [1.54, 1.807) is 11.3 Å². The maximum atomic E-state index is 6.00. The Kier molecular flexibility index (Phi) is 3.60. The van der Waals surface area contributed by atoms with E-state index in [4.69, 9.17) is 11.6 Å². The van der Waals surface area contributed by atoms with Gasteiger partial charge in [0.25, 0.3) is 0 Å². The van der Waals surface area contributed by atoms with Gasteiger partial charge in [0.15, 0.2) is 0 Å². The second kappa shape index (κ2) is 5.23. The second-order valence-corrected chi connectivity index (χ2v) is 6.39. The molecule has 0 N–H and O–H groups in total. The summed E-state index contributed by atoms with van der Waals surface area (Å²) in [4.78, 5) is 9.08. The minimum absolute atomic E-state index is 0.399. The van der Waals surface area contributed by atoms with Crippen molar-refractivity contribution in [2.24, 2.45) is 0 Å². The number of alkyl halides is 1. The Balaban J connectivity index is 2.10. The Labute approximate surface area is 128 Å². The van der Waals surface area contributed by atoms with Gasteiger partial charge in [0.2, 0.25) is 0 Å². The predicted octanol–water partition coefficient (Wildman–Crippen LogP) is 4.35. The van der Waals surface area contributed by atoms with E-state index >= 15 is 0 Å². The second-order valence-electron chi connectivity index (χ2n) is 4.26. The Hall–Kier alpha value is -0.910. The van der Waals surface area contributed by atoms with E-state index in [-0.39, 0.29) is 0 Å². The molecule has 6 heteroatoms. The van der Waals surface area contributed by atoms with Gasteiger partial charge in [-0.25, -0.2) is 9.97 Å². The van der Waals surface area contributed by atoms with Crippen LogP contribution in [0.3, 0.4) is 0 Å². The standard InChI is InChI=1S/C13H11BrClN3S/c1-8-7-19-13(16-8)6-18-11-3-2-9(14)4-10(11)17-12(18)5-15/h2-4,7H,5-6H2,1H3. The van der Waals surface area contributed by atoms with Gasteiger partial charge in [0, 0.05) is 15.5 Å². The summed E-state index contributed by atoms with van der Waals surface area (Å²) < 4.78 is 3.16. The molecule has 19 heavy (non-hydrogen) atoms. The van der Waals surface area contributed by atoms with Gasteiger partial charge in [-0.2, -0.15) is 0 Å². The van der Waals surface area contributed by atoms with Crippen molar-refractivity contribution < 1.29 is 0 Å². The molecule has 0 atom stereocenters. The summed E-state index contributed by atoms with van der Waals surface area (Å²) in [5.41, 5.74) is 3.10. The van der Waals surface area contributed by atoms with Gasteiger partial charge in [-0.05, 0) is 25.1 Å². The number of rotatable bonds is 3. The summed E-state index contributed by atoms with van der Waals surface area (Å²) in [6.07, 6.45) is 0. The normalized spacial score (nSPS) is 11.3. The highest BCUT2D eigenvalue weighted by molar-refractivity contribution is 9.10. The number of imidazole rings is 1. The van der Waals surface area contributed by atoms with Crippen molar-refractivity contribution >= 4 is 49.9 Å². The highest BCUT2D eigenvalue weighted by Gasteiger charge is 2.12. The minimum Gasteiger partial charge on any atom is -0.320 e. The van der Waals surface area contributed by atoms with Crippen LogP contribution in [0.1, 0.15) is 16.5 Å². The number of fused-ring (bicyclic) bond motifs is 1. The third kappa shape index (κ3) is 2.55. The molecular weight excluding hydrogens is 346 g/mol. The number of benzene rings is 1. The summed E-state index contributed by atoms with van der Waals surface area (Å²) in [6.45, 7) is 2.73. The lowest BCUT2D eigenvalue weighted by Crippen LogP contribution is -2.03. The maximum Gasteiger partial charge on any atom is 0.125 e. The molecule has 0 aliphatic carbocycles. The lowest BCUT2D eigenvalue weighted by molar-refractivity contribution is 0.771. The maximum absolute atomic E-state index is 6.00. The van der Waals surface area contributed by atoms with Crippen LogP contribution in [0.25, 0.3) is 11.0 Å². The summed E-state index contributed by atoms with van der Waals surface area (Å²) in [6, 6.07) is 6.09. The molecule has 1 aromatic carbocycles. The Morgan fingerprint density at radius 2 is 2.21 bits per heavy atom. The molecule has 3 nitrogen and oxygen atoms in total. The monoisotopic (exact) mass is 355 g/mol. The highest BCUT2D eigenvalue weighted by atomic mass is 79.9. The van der Waals surface area contributed by atoms with Crippen LogP contribution in [-0.2, 0) is 12.4 Å². The molecule has 0 aliphatic heterocycles. The Morgan fingerprint density at radius 3 is 2.89 bits per heavy atom. The molecule has 0 spiro atoms. The van der Waals surface area contributed by atoms with E-state index in [0.717, 1.165) is 38.6 Å². The van der Waals surface area contributed by atoms with Crippen molar-refractivity contribution in [2.75, 3.05) is 0 Å². The van der Waals surface area contributed by atoms with Crippen molar-refractivity contribution in [2.45, 2.75) is 19.3 Å². The lowest BCUT2D eigenvalue weighted by Gasteiger charge is -2.05. The number of halogens is 2. The summed E-state index contributed by atoms with van der Waals surface area (Å²) in [5, 5.41) is 3.14. The molecule has 0 bridgehead atoms. The van der Waals surface area contributed by atoms with Gasteiger partial charge in [0.1, 0.15) is 10.8 Å². The molecule has 0 fully saturated rings. The van der Waals surface area contributed by atoms with Gasteiger partial charge in [-0.3, -0.25) is 0 Å². The number of thiazole rings is 1. The van der Waals surface area contributed by atoms with E-state index in [9.17, 15) is 0 Å². The molecule has 0 amide bonds. The average Bonchev–Trinajstić information content (AvgIpc) is 2.94. The SMILES string of the molecule is Cc1csc(Cn2c(CCl)nc3cc(Br)ccc32)n1. The first kappa shape index (κ1) is 13.1. The topological polar surface area (TPSA) is 30.7 Å². The van der Waals surface area contributed by atoms with Crippen LogP contribution in [0.4, 0.5) is 0 Å². The van der Waals surface area contributed by atoms with Crippen LogP contribution < -0.4 is 0 Å². The first-order valence-electron chi connectivity index (χ1n) is 5.79. The zero-order valence-corrected chi connectivity index (χ0v) is 13.4. The van der Waals surface area contributed by atoms with E-state index in [1.807, 2.05) is 19.1 Å². The molecule has 3 aromatic rings. The molecule has 0 unspecified atom stereocenters. The van der Waals surface area contributed by atoms with Crippen molar-refractivity contribution in [1.29, 1.82) is 0 Å². The zero-order chi connectivity index (χ0) is 13.4. The number of hydrogen-bond donors (Lipinski definition) is 0. The molecule has 0 saturated carbocycles.